The molecule has 37 heavy (non-hydrogen) atoms. The Kier molecular flexibility index (Phi) is 9.84. The molecule has 0 radical (unpaired) electrons. The number of carbonyl (C=O) groups is 2. The maximum atomic E-state index is 13.1. The number of ether oxygens (including phenoxy) is 2. The molecule has 1 aliphatic heterocycles. The molecule has 12 heteroatoms. The zero-order chi connectivity index (χ0) is 27.0. The molecule has 1 atom stereocenters. The standard InChI is InChI=1S/C25H35N5O6S/c1-4-5-6-21(29-24(31)20-15-19(37(26,33)34)8-9-22(20)35-3)25(32)28-17-7-10-23(27-16-17)36-18-11-13-30(2)14-12-18/h7-10,15-16,18,21H,4-6,11-14H2,1-3H3,(H,28,32)(H,29,31)(H2,26,33,34). The predicted molar refractivity (Wildman–Crippen MR) is 139 cm³/mol. The van der Waals surface area contributed by atoms with Crippen molar-refractivity contribution in [1.29, 1.82) is 0 Å². The number of likely N-dealkylation sites (tertiary alicyclic amines) is 1. The van der Waals surface area contributed by atoms with E-state index in [2.05, 4.69) is 27.6 Å². The van der Waals surface area contributed by atoms with E-state index in [1.165, 1.54) is 25.4 Å². The maximum absolute atomic E-state index is 13.1. The lowest BCUT2D eigenvalue weighted by molar-refractivity contribution is -0.118. The first-order valence-corrected chi connectivity index (χ1v) is 13.8. The van der Waals surface area contributed by atoms with Gasteiger partial charge in [0.15, 0.2) is 0 Å². The highest BCUT2D eigenvalue weighted by Crippen LogP contribution is 2.23. The summed E-state index contributed by atoms with van der Waals surface area (Å²) in [6.07, 6.45) is 5.38. The van der Waals surface area contributed by atoms with E-state index in [1.54, 1.807) is 12.1 Å². The van der Waals surface area contributed by atoms with Gasteiger partial charge in [0.25, 0.3) is 5.91 Å². The molecule has 202 valence electrons. The van der Waals surface area contributed by atoms with Crippen LogP contribution in [0.5, 0.6) is 11.6 Å². The van der Waals surface area contributed by atoms with Crippen LogP contribution in [0.4, 0.5) is 5.69 Å². The van der Waals surface area contributed by atoms with Gasteiger partial charge >= 0.3 is 0 Å². The van der Waals surface area contributed by atoms with Crippen molar-refractivity contribution < 1.29 is 27.5 Å². The van der Waals surface area contributed by atoms with E-state index < -0.39 is 27.9 Å². The summed E-state index contributed by atoms with van der Waals surface area (Å²) in [5.41, 5.74) is 0.422. The number of sulfonamides is 1. The van der Waals surface area contributed by atoms with Gasteiger partial charge in [-0.15, -0.1) is 0 Å². The summed E-state index contributed by atoms with van der Waals surface area (Å²) in [5, 5.41) is 10.7. The summed E-state index contributed by atoms with van der Waals surface area (Å²) in [4.78, 5) is 32.4. The number of nitrogens with zero attached hydrogens (tertiary/aromatic N) is 2. The van der Waals surface area contributed by atoms with E-state index >= 15 is 0 Å². The van der Waals surface area contributed by atoms with Crippen molar-refractivity contribution in [2.24, 2.45) is 5.14 Å². The number of hydrogen-bond donors (Lipinski definition) is 3. The second-order valence-corrected chi connectivity index (χ2v) is 10.6. The van der Waals surface area contributed by atoms with Crippen molar-refractivity contribution in [3.8, 4) is 11.6 Å². The van der Waals surface area contributed by atoms with Gasteiger partial charge in [0.05, 0.1) is 29.5 Å². The maximum Gasteiger partial charge on any atom is 0.255 e. The lowest BCUT2D eigenvalue weighted by Gasteiger charge is -2.28. The number of anilines is 1. The molecule has 1 unspecified atom stereocenters. The van der Waals surface area contributed by atoms with E-state index in [-0.39, 0.29) is 22.3 Å². The van der Waals surface area contributed by atoms with Crippen LogP contribution in [0.1, 0.15) is 49.4 Å². The molecule has 1 saturated heterocycles. The zero-order valence-corrected chi connectivity index (χ0v) is 22.2. The Hall–Kier alpha value is -3.22. The smallest absolute Gasteiger partial charge is 0.255 e. The molecule has 2 heterocycles. The van der Waals surface area contributed by atoms with Crippen LogP contribution in [0.15, 0.2) is 41.4 Å². The van der Waals surface area contributed by atoms with Crippen molar-refractivity contribution >= 4 is 27.5 Å². The van der Waals surface area contributed by atoms with E-state index in [0.29, 0.717) is 24.4 Å². The Morgan fingerprint density at radius 3 is 2.54 bits per heavy atom. The van der Waals surface area contributed by atoms with Crippen LogP contribution in [0.2, 0.25) is 0 Å². The minimum absolute atomic E-state index is 0.0413. The molecule has 1 aliphatic rings. The van der Waals surface area contributed by atoms with Crippen LogP contribution in [-0.2, 0) is 14.8 Å². The van der Waals surface area contributed by atoms with Crippen molar-refractivity contribution in [2.75, 3.05) is 32.6 Å². The minimum atomic E-state index is -4.03. The van der Waals surface area contributed by atoms with Crippen molar-refractivity contribution in [3.63, 3.8) is 0 Å². The Balaban J connectivity index is 1.68. The van der Waals surface area contributed by atoms with Crippen LogP contribution in [-0.4, -0.2) is 69.5 Å². The number of piperidine rings is 1. The number of primary sulfonamides is 1. The molecule has 3 rings (SSSR count). The highest BCUT2D eigenvalue weighted by atomic mass is 32.2. The minimum Gasteiger partial charge on any atom is -0.496 e. The molecule has 0 spiro atoms. The third kappa shape index (κ3) is 8.14. The molecule has 2 amide bonds. The second-order valence-electron chi connectivity index (χ2n) is 9.07. The SMILES string of the molecule is CCCCC(NC(=O)c1cc(S(N)(=O)=O)ccc1OC)C(=O)Nc1ccc(OC2CCN(C)CC2)nc1. The Morgan fingerprint density at radius 2 is 1.95 bits per heavy atom. The number of nitrogens with one attached hydrogen (secondary N) is 2. The van der Waals surface area contributed by atoms with E-state index in [4.69, 9.17) is 14.6 Å². The average Bonchev–Trinajstić information content (AvgIpc) is 2.87. The third-order valence-electron chi connectivity index (χ3n) is 6.17. The van der Waals surface area contributed by atoms with Crippen LogP contribution in [0.3, 0.4) is 0 Å². The fourth-order valence-corrected chi connectivity index (χ4v) is 4.52. The molecule has 1 fully saturated rings. The molecular weight excluding hydrogens is 498 g/mol. The van der Waals surface area contributed by atoms with Gasteiger partial charge in [-0.25, -0.2) is 18.5 Å². The number of benzene rings is 1. The van der Waals surface area contributed by atoms with Gasteiger partial charge in [-0.1, -0.05) is 19.8 Å². The molecule has 0 aliphatic carbocycles. The van der Waals surface area contributed by atoms with Gasteiger partial charge < -0.3 is 25.0 Å². The largest absolute Gasteiger partial charge is 0.496 e. The summed E-state index contributed by atoms with van der Waals surface area (Å²) < 4.78 is 34.7. The van der Waals surface area contributed by atoms with Gasteiger partial charge in [-0.05, 0) is 50.6 Å². The molecule has 1 aromatic heterocycles. The molecular formula is C25H35N5O6S. The van der Waals surface area contributed by atoms with E-state index in [1.807, 2.05) is 6.92 Å². The molecule has 0 saturated carbocycles. The zero-order valence-electron chi connectivity index (χ0n) is 21.4. The first-order chi connectivity index (χ1) is 17.6. The number of carbonyl (C=O) groups excluding carboxylic acids is 2. The van der Waals surface area contributed by atoms with E-state index in [0.717, 1.165) is 38.4 Å². The lowest BCUT2D eigenvalue weighted by atomic mass is 10.1. The highest BCUT2D eigenvalue weighted by molar-refractivity contribution is 7.89. The normalized spacial score (nSPS) is 15.6. The van der Waals surface area contributed by atoms with Gasteiger partial charge in [-0.3, -0.25) is 9.59 Å². The number of unbranched alkanes of at least 4 members (excludes halogenated alkanes) is 1. The fraction of sp³-hybridized carbons (Fsp3) is 0.480. The molecule has 4 N–H and O–H groups in total. The van der Waals surface area contributed by atoms with Crippen LogP contribution >= 0.6 is 0 Å². The quantitative estimate of drug-likeness (QED) is 0.397. The van der Waals surface area contributed by atoms with Crippen molar-refractivity contribution in [1.82, 2.24) is 15.2 Å². The summed E-state index contributed by atoms with van der Waals surface area (Å²) in [6, 6.07) is 6.26. The average molecular weight is 534 g/mol. The summed E-state index contributed by atoms with van der Waals surface area (Å²) in [6.45, 7) is 3.92. The molecule has 11 nitrogen and oxygen atoms in total. The van der Waals surface area contributed by atoms with Gasteiger partial charge in [0, 0.05) is 19.2 Å². The van der Waals surface area contributed by atoms with Crippen molar-refractivity contribution in [3.05, 3.63) is 42.1 Å². The molecule has 2 aromatic rings. The number of nitrogens with two attached hydrogens (primary N) is 1. The Morgan fingerprint density at radius 1 is 1.22 bits per heavy atom. The van der Waals surface area contributed by atoms with Gasteiger partial charge in [-0.2, -0.15) is 0 Å². The number of hydrogen-bond acceptors (Lipinski definition) is 8. The topological polar surface area (TPSA) is 153 Å². The van der Waals surface area contributed by atoms with E-state index in [9.17, 15) is 18.0 Å². The number of amides is 2. The number of aromatic nitrogens is 1. The van der Waals surface area contributed by atoms with Crippen LogP contribution in [0, 0.1) is 0 Å². The molecule has 1 aromatic carbocycles. The van der Waals surface area contributed by atoms with Crippen LogP contribution in [0.25, 0.3) is 0 Å². The second kappa shape index (κ2) is 12.8. The van der Waals surface area contributed by atoms with Gasteiger partial charge in [0.1, 0.15) is 17.9 Å². The van der Waals surface area contributed by atoms with Crippen molar-refractivity contribution in [2.45, 2.75) is 56.1 Å². The molecule has 0 bridgehead atoms. The summed E-state index contributed by atoms with van der Waals surface area (Å²) in [5.74, 6) is -0.429. The first kappa shape index (κ1) is 28.4. The number of rotatable bonds is 11. The summed E-state index contributed by atoms with van der Waals surface area (Å²) >= 11 is 0. The Bertz CT molecular complexity index is 1180. The first-order valence-electron chi connectivity index (χ1n) is 12.2. The highest BCUT2D eigenvalue weighted by Gasteiger charge is 2.24. The van der Waals surface area contributed by atoms with Gasteiger partial charge in [0.2, 0.25) is 21.8 Å². The fourth-order valence-electron chi connectivity index (χ4n) is 3.98. The summed E-state index contributed by atoms with van der Waals surface area (Å²) in [7, 11) is -0.591. The lowest BCUT2D eigenvalue weighted by Crippen LogP contribution is -2.44. The monoisotopic (exact) mass is 533 g/mol. The predicted octanol–water partition coefficient (Wildman–Crippen LogP) is 2.14. The Labute approximate surface area is 217 Å². The van der Waals surface area contributed by atoms with Crippen LogP contribution < -0.4 is 25.2 Å². The number of methoxy groups -OCH3 is 1. The third-order valence-corrected chi connectivity index (χ3v) is 7.08. The number of pyridine rings is 1.